The normalized spacial score (nSPS) is 13.8. The Hall–Kier alpha value is -3.48. The standard InChI is InChI=1S/C28H36N4O4/c1-2-16-29-17-7-8-23-13-18-30(19-14-23)27(22-33)15-20-31(25-10-4-3-5-11-25)28(34)24-9-6-12-26(21-24)32(35)36/h3-6,9-12,21,23,29H,2,7-8,13-20H2,1H3. The number of rotatable bonds is 13. The summed E-state index contributed by atoms with van der Waals surface area (Å²) < 4.78 is 0. The van der Waals surface area contributed by atoms with Crippen LogP contribution < -0.4 is 10.2 Å². The van der Waals surface area contributed by atoms with Gasteiger partial charge in [0.2, 0.25) is 0 Å². The minimum atomic E-state index is -0.512. The van der Waals surface area contributed by atoms with E-state index in [9.17, 15) is 19.7 Å². The average Bonchev–Trinajstić information content (AvgIpc) is 2.92. The fourth-order valence-electron chi connectivity index (χ4n) is 4.66. The van der Waals surface area contributed by atoms with Gasteiger partial charge in [0.15, 0.2) is 0 Å². The van der Waals surface area contributed by atoms with Crippen molar-refractivity contribution in [3.05, 3.63) is 76.0 Å². The van der Waals surface area contributed by atoms with Gasteiger partial charge in [0, 0.05) is 49.4 Å². The minimum absolute atomic E-state index is 0.133. The average molecular weight is 493 g/mol. The van der Waals surface area contributed by atoms with Crippen molar-refractivity contribution >= 4 is 23.2 Å². The second-order valence-corrected chi connectivity index (χ2v) is 9.22. The number of nitro groups is 1. The summed E-state index contributed by atoms with van der Waals surface area (Å²) in [6, 6.07) is 14.9. The number of carbonyl (C=O) groups excluding carboxylic acids is 2. The molecule has 1 aliphatic rings. The second kappa shape index (κ2) is 14.2. The summed E-state index contributed by atoms with van der Waals surface area (Å²) in [7, 11) is 0. The number of likely N-dealkylation sites (tertiary alicyclic amines) is 1. The number of benzene rings is 2. The van der Waals surface area contributed by atoms with Crippen LogP contribution in [0.2, 0.25) is 0 Å². The zero-order valence-corrected chi connectivity index (χ0v) is 21.0. The molecular weight excluding hydrogens is 456 g/mol. The first-order valence-corrected chi connectivity index (χ1v) is 12.8. The van der Waals surface area contributed by atoms with Crippen LogP contribution in [0.3, 0.4) is 0 Å². The maximum absolute atomic E-state index is 13.4. The highest BCUT2D eigenvalue weighted by Crippen LogP contribution is 2.26. The van der Waals surface area contributed by atoms with Crippen LogP contribution in [0.15, 0.2) is 60.3 Å². The molecule has 1 fully saturated rings. The van der Waals surface area contributed by atoms with Crippen LogP contribution in [0, 0.1) is 16.0 Å². The van der Waals surface area contributed by atoms with Crippen molar-refractivity contribution < 1.29 is 14.5 Å². The molecule has 8 heteroatoms. The Balaban J connectivity index is 1.62. The Morgan fingerprint density at radius 3 is 2.56 bits per heavy atom. The molecular formula is C28H36N4O4. The number of nitrogens with zero attached hydrogens (tertiary/aromatic N) is 3. The summed E-state index contributed by atoms with van der Waals surface area (Å²) in [6.45, 7) is 6.21. The number of piperidine rings is 1. The quantitative estimate of drug-likeness (QED) is 0.186. The van der Waals surface area contributed by atoms with Crippen LogP contribution >= 0.6 is 0 Å². The van der Waals surface area contributed by atoms with Gasteiger partial charge in [0.25, 0.3) is 11.6 Å². The van der Waals surface area contributed by atoms with Crippen molar-refractivity contribution in [2.45, 2.75) is 45.4 Å². The van der Waals surface area contributed by atoms with E-state index >= 15 is 0 Å². The number of nitrogens with one attached hydrogen (secondary N) is 1. The summed E-state index contributed by atoms with van der Waals surface area (Å²) in [5.74, 6) is 2.45. The molecule has 0 unspecified atom stereocenters. The molecule has 0 saturated carbocycles. The van der Waals surface area contributed by atoms with E-state index in [1.165, 1.54) is 31.0 Å². The van der Waals surface area contributed by atoms with Crippen LogP contribution in [0.4, 0.5) is 11.4 Å². The molecule has 8 nitrogen and oxygen atoms in total. The number of nitro benzene ring substituents is 1. The number of amides is 1. The van der Waals surface area contributed by atoms with Gasteiger partial charge in [-0.3, -0.25) is 14.9 Å². The molecule has 0 radical (unpaired) electrons. The fraction of sp³-hybridized carbons (Fsp3) is 0.464. The zero-order chi connectivity index (χ0) is 25.8. The van der Waals surface area contributed by atoms with Crippen molar-refractivity contribution in [3.63, 3.8) is 0 Å². The summed E-state index contributed by atoms with van der Waals surface area (Å²) in [5, 5.41) is 14.6. The van der Waals surface area contributed by atoms with Crippen LogP contribution in [-0.4, -0.2) is 54.4 Å². The predicted molar refractivity (Wildman–Crippen MR) is 142 cm³/mol. The van der Waals surface area contributed by atoms with Gasteiger partial charge in [-0.2, -0.15) is 0 Å². The summed E-state index contributed by atoms with van der Waals surface area (Å²) in [4.78, 5) is 39.6. The summed E-state index contributed by atoms with van der Waals surface area (Å²) in [6.07, 6.45) is 5.99. The molecule has 1 saturated heterocycles. The lowest BCUT2D eigenvalue weighted by atomic mass is 9.92. The van der Waals surface area contributed by atoms with Gasteiger partial charge in [-0.15, -0.1) is 0 Å². The molecule has 1 aliphatic heterocycles. The number of hydrogen-bond donors (Lipinski definition) is 1. The summed E-state index contributed by atoms with van der Waals surface area (Å²) >= 11 is 0. The largest absolute Gasteiger partial charge is 0.366 e. The van der Waals surface area contributed by atoms with Gasteiger partial charge in [-0.1, -0.05) is 31.2 Å². The van der Waals surface area contributed by atoms with E-state index in [0.29, 0.717) is 23.7 Å². The lowest BCUT2D eigenvalue weighted by molar-refractivity contribution is -0.384. The Labute approximate surface area is 213 Å². The van der Waals surface area contributed by atoms with Crippen molar-refractivity contribution in [1.82, 2.24) is 10.2 Å². The Morgan fingerprint density at radius 2 is 1.89 bits per heavy atom. The third kappa shape index (κ3) is 7.77. The number of anilines is 1. The number of non-ortho nitro benzene ring substituents is 1. The Kier molecular flexibility index (Phi) is 10.7. The van der Waals surface area contributed by atoms with Crippen molar-refractivity contribution in [2.24, 2.45) is 5.92 Å². The lowest BCUT2D eigenvalue weighted by Gasteiger charge is -2.34. The van der Waals surface area contributed by atoms with E-state index in [-0.39, 0.29) is 23.7 Å². The molecule has 0 atom stereocenters. The van der Waals surface area contributed by atoms with Crippen LogP contribution in [0.25, 0.3) is 0 Å². The SMILES string of the molecule is CCCNCCCC1CCN(C(=C=O)CCN(C(=O)c2cccc([N+](=O)[O-])c2)c2ccccc2)CC1. The van der Waals surface area contributed by atoms with Gasteiger partial charge in [0.05, 0.1) is 4.92 Å². The van der Waals surface area contributed by atoms with Crippen molar-refractivity contribution in [3.8, 4) is 0 Å². The van der Waals surface area contributed by atoms with Crippen molar-refractivity contribution in [2.75, 3.05) is 37.6 Å². The van der Waals surface area contributed by atoms with Crippen LogP contribution in [0.5, 0.6) is 0 Å². The van der Waals surface area contributed by atoms with Crippen LogP contribution in [-0.2, 0) is 4.79 Å². The zero-order valence-electron chi connectivity index (χ0n) is 21.0. The maximum atomic E-state index is 13.4. The topological polar surface area (TPSA) is 95.8 Å². The molecule has 192 valence electrons. The predicted octanol–water partition coefficient (Wildman–Crippen LogP) is 4.84. The monoisotopic (exact) mass is 492 g/mol. The van der Waals surface area contributed by atoms with Gasteiger partial charge in [0.1, 0.15) is 11.6 Å². The highest BCUT2D eigenvalue weighted by Gasteiger charge is 2.24. The van der Waals surface area contributed by atoms with Gasteiger partial charge < -0.3 is 15.1 Å². The number of para-hydroxylation sites is 1. The highest BCUT2D eigenvalue weighted by molar-refractivity contribution is 6.06. The highest BCUT2D eigenvalue weighted by atomic mass is 16.6. The summed E-state index contributed by atoms with van der Waals surface area (Å²) in [5.41, 5.74) is 1.35. The molecule has 1 amide bonds. The molecule has 0 spiro atoms. The van der Waals surface area contributed by atoms with E-state index in [1.807, 2.05) is 30.3 Å². The third-order valence-electron chi connectivity index (χ3n) is 6.70. The van der Waals surface area contributed by atoms with E-state index < -0.39 is 4.92 Å². The van der Waals surface area contributed by atoms with Gasteiger partial charge in [-0.25, -0.2) is 4.79 Å². The lowest BCUT2D eigenvalue weighted by Crippen LogP contribution is -2.37. The van der Waals surface area contributed by atoms with E-state index in [2.05, 4.69) is 23.1 Å². The van der Waals surface area contributed by atoms with E-state index in [1.54, 1.807) is 11.0 Å². The Bertz CT molecular complexity index is 1040. The second-order valence-electron chi connectivity index (χ2n) is 9.22. The smallest absolute Gasteiger partial charge is 0.270 e. The van der Waals surface area contributed by atoms with Gasteiger partial charge >= 0.3 is 0 Å². The first-order valence-electron chi connectivity index (χ1n) is 12.8. The maximum Gasteiger partial charge on any atom is 0.270 e. The number of carbonyl (C=O) groups is 1. The Morgan fingerprint density at radius 1 is 1.14 bits per heavy atom. The fourth-order valence-corrected chi connectivity index (χ4v) is 4.66. The third-order valence-corrected chi connectivity index (χ3v) is 6.70. The minimum Gasteiger partial charge on any atom is -0.366 e. The molecule has 0 aromatic heterocycles. The molecule has 0 bridgehead atoms. The van der Waals surface area contributed by atoms with Crippen LogP contribution in [0.1, 0.15) is 55.8 Å². The molecule has 36 heavy (non-hydrogen) atoms. The molecule has 3 rings (SSSR count). The van der Waals surface area contributed by atoms with Gasteiger partial charge in [-0.05, 0) is 69.3 Å². The first-order chi connectivity index (χ1) is 17.5. The molecule has 0 aliphatic carbocycles. The molecule has 2 aromatic rings. The first kappa shape index (κ1) is 27.1. The molecule has 1 heterocycles. The number of hydrogen-bond acceptors (Lipinski definition) is 6. The van der Waals surface area contributed by atoms with E-state index in [4.69, 9.17) is 0 Å². The molecule has 1 N–H and O–H groups in total. The van der Waals surface area contributed by atoms with Crippen molar-refractivity contribution in [1.29, 1.82) is 0 Å². The molecule has 2 aromatic carbocycles. The van der Waals surface area contributed by atoms with E-state index in [0.717, 1.165) is 45.4 Å².